The van der Waals surface area contributed by atoms with E-state index in [1.165, 1.54) is 0 Å². The molecule has 0 N–H and O–H groups in total. The van der Waals surface area contributed by atoms with Gasteiger partial charge in [0.15, 0.2) is 0 Å². The van der Waals surface area contributed by atoms with Gasteiger partial charge >= 0.3 is 0 Å². The summed E-state index contributed by atoms with van der Waals surface area (Å²) in [4.78, 5) is 21.8. The van der Waals surface area contributed by atoms with Crippen LogP contribution in [0, 0.1) is 20.8 Å². The topological polar surface area (TPSA) is 58.8 Å². The lowest BCUT2D eigenvalue weighted by Crippen LogP contribution is -2.50. The van der Waals surface area contributed by atoms with E-state index in [0.29, 0.717) is 31.0 Å². The van der Waals surface area contributed by atoms with Crippen molar-refractivity contribution in [3.05, 3.63) is 52.7 Å². The predicted molar refractivity (Wildman–Crippen MR) is 97.0 cm³/mol. The number of morpholine rings is 1. The highest BCUT2D eigenvalue weighted by atomic mass is 16.5. The number of likely N-dealkylation sites (tertiary alicyclic amines) is 1. The molecule has 26 heavy (non-hydrogen) atoms. The number of pyridine rings is 1. The second-order valence-corrected chi connectivity index (χ2v) is 7.25. The van der Waals surface area contributed by atoms with E-state index < -0.39 is 0 Å². The number of ether oxygens (including phenoxy) is 1. The van der Waals surface area contributed by atoms with Crippen LogP contribution in [0.1, 0.15) is 33.3 Å². The first-order valence-corrected chi connectivity index (χ1v) is 9.16. The van der Waals surface area contributed by atoms with Gasteiger partial charge in [-0.3, -0.25) is 14.7 Å². The lowest BCUT2D eigenvalue weighted by Gasteiger charge is -2.36. The molecule has 2 fully saturated rings. The molecule has 2 aromatic heterocycles. The van der Waals surface area contributed by atoms with Crippen molar-refractivity contribution in [2.75, 3.05) is 26.2 Å². The molecule has 2 saturated heterocycles. The van der Waals surface area contributed by atoms with Gasteiger partial charge in [0.05, 0.1) is 30.0 Å². The molecule has 0 unspecified atom stereocenters. The Morgan fingerprint density at radius 1 is 1.27 bits per heavy atom. The highest BCUT2D eigenvalue weighted by Crippen LogP contribution is 2.26. The van der Waals surface area contributed by atoms with Crippen molar-refractivity contribution in [1.29, 1.82) is 0 Å². The van der Waals surface area contributed by atoms with E-state index in [4.69, 9.17) is 9.15 Å². The van der Waals surface area contributed by atoms with Crippen LogP contribution in [0.3, 0.4) is 0 Å². The largest absolute Gasteiger partial charge is 0.466 e. The lowest BCUT2D eigenvalue weighted by atomic mass is 10.1. The molecule has 6 heteroatoms. The summed E-state index contributed by atoms with van der Waals surface area (Å²) in [7, 11) is 0. The maximum absolute atomic E-state index is 12.9. The summed E-state index contributed by atoms with van der Waals surface area (Å²) in [5.74, 6) is 1.49. The third-order valence-corrected chi connectivity index (χ3v) is 5.29. The van der Waals surface area contributed by atoms with Gasteiger partial charge in [-0.1, -0.05) is 6.07 Å². The molecule has 0 bridgehead atoms. The quantitative estimate of drug-likeness (QED) is 0.846. The molecule has 2 atom stereocenters. The molecule has 4 rings (SSSR count). The summed E-state index contributed by atoms with van der Waals surface area (Å²) in [6, 6.07) is 8.16. The third kappa shape index (κ3) is 3.27. The first-order valence-electron chi connectivity index (χ1n) is 9.16. The molecule has 1 amide bonds. The number of furan rings is 1. The van der Waals surface area contributed by atoms with Crippen molar-refractivity contribution in [3.8, 4) is 0 Å². The monoisotopic (exact) mass is 355 g/mol. The zero-order valence-corrected chi connectivity index (χ0v) is 15.6. The number of nitrogens with zero attached hydrogens (tertiary/aromatic N) is 3. The fraction of sp³-hybridized carbons (Fsp3) is 0.500. The maximum Gasteiger partial charge on any atom is 0.257 e. The van der Waals surface area contributed by atoms with Gasteiger partial charge in [-0.2, -0.15) is 0 Å². The van der Waals surface area contributed by atoms with E-state index in [1.807, 2.05) is 43.9 Å². The molecule has 0 aromatic carbocycles. The normalized spacial score (nSPS) is 23.3. The van der Waals surface area contributed by atoms with E-state index in [1.54, 1.807) is 0 Å². The van der Waals surface area contributed by atoms with Crippen LogP contribution in [0.5, 0.6) is 0 Å². The number of fused-ring (bicyclic) bond motifs is 1. The second-order valence-electron chi connectivity index (χ2n) is 7.25. The number of hydrogen-bond acceptors (Lipinski definition) is 5. The zero-order chi connectivity index (χ0) is 18.3. The Labute approximate surface area is 153 Å². The van der Waals surface area contributed by atoms with E-state index in [0.717, 1.165) is 30.2 Å². The smallest absolute Gasteiger partial charge is 0.257 e. The van der Waals surface area contributed by atoms with Gasteiger partial charge in [0.2, 0.25) is 0 Å². The van der Waals surface area contributed by atoms with Crippen molar-refractivity contribution in [3.63, 3.8) is 0 Å². The van der Waals surface area contributed by atoms with Crippen molar-refractivity contribution < 1.29 is 13.9 Å². The Morgan fingerprint density at radius 2 is 2.12 bits per heavy atom. The minimum Gasteiger partial charge on any atom is -0.466 e. The van der Waals surface area contributed by atoms with Gasteiger partial charge in [0.1, 0.15) is 11.5 Å². The third-order valence-electron chi connectivity index (χ3n) is 5.29. The highest BCUT2D eigenvalue weighted by molar-refractivity contribution is 5.95. The fourth-order valence-corrected chi connectivity index (χ4v) is 4.03. The van der Waals surface area contributed by atoms with Crippen LogP contribution >= 0.6 is 0 Å². The predicted octanol–water partition coefficient (Wildman–Crippen LogP) is 2.33. The first-order chi connectivity index (χ1) is 12.5. The highest BCUT2D eigenvalue weighted by Gasteiger charge is 2.42. The van der Waals surface area contributed by atoms with Crippen LogP contribution in [0.2, 0.25) is 0 Å². The average molecular weight is 355 g/mol. The molecule has 4 heterocycles. The Hall–Kier alpha value is -2.18. The molecule has 2 aliphatic heterocycles. The lowest BCUT2D eigenvalue weighted by molar-refractivity contribution is -0.0507. The molecule has 0 radical (unpaired) electrons. The molecule has 0 spiro atoms. The Morgan fingerprint density at radius 3 is 2.85 bits per heavy atom. The Bertz CT molecular complexity index is 816. The summed E-state index contributed by atoms with van der Waals surface area (Å²) >= 11 is 0. The Balaban J connectivity index is 1.49. The van der Waals surface area contributed by atoms with E-state index in [2.05, 4.69) is 16.0 Å². The number of hydrogen-bond donors (Lipinski definition) is 0. The van der Waals surface area contributed by atoms with Gasteiger partial charge in [0, 0.05) is 31.9 Å². The van der Waals surface area contributed by atoms with Crippen LogP contribution in [0.25, 0.3) is 0 Å². The van der Waals surface area contributed by atoms with Gasteiger partial charge in [-0.25, -0.2) is 0 Å². The zero-order valence-electron chi connectivity index (χ0n) is 15.6. The SMILES string of the molecule is Cc1cccc(CN2CCO[C@H]3CN(C(=O)c4cc(C)oc4C)C[C@H]32)n1. The number of aromatic nitrogens is 1. The molecule has 2 aromatic rings. The summed E-state index contributed by atoms with van der Waals surface area (Å²) in [6.07, 6.45) is 0.0609. The minimum absolute atomic E-state index is 0.0333. The van der Waals surface area contributed by atoms with Gasteiger partial charge in [-0.15, -0.1) is 0 Å². The average Bonchev–Trinajstić information content (AvgIpc) is 3.18. The number of carbonyl (C=O) groups is 1. The van der Waals surface area contributed by atoms with Crippen LogP contribution in [0.4, 0.5) is 0 Å². The first kappa shape index (κ1) is 17.2. The molecule has 0 aliphatic carbocycles. The van der Waals surface area contributed by atoms with Crippen LogP contribution in [0.15, 0.2) is 28.7 Å². The number of carbonyl (C=O) groups excluding carboxylic acids is 1. The summed E-state index contributed by atoms with van der Waals surface area (Å²) in [5, 5.41) is 0. The molecular weight excluding hydrogens is 330 g/mol. The molecule has 2 aliphatic rings. The molecule has 6 nitrogen and oxygen atoms in total. The van der Waals surface area contributed by atoms with Crippen LogP contribution in [-0.4, -0.2) is 59.1 Å². The molecule has 0 saturated carbocycles. The molecular formula is C20H25N3O3. The minimum atomic E-state index is 0.0333. The van der Waals surface area contributed by atoms with Crippen molar-refractivity contribution in [1.82, 2.24) is 14.8 Å². The van der Waals surface area contributed by atoms with E-state index in [9.17, 15) is 4.79 Å². The van der Waals surface area contributed by atoms with Crippen molar-refractivity contribution in [2.45, 2.75) is 39.5 Å². The fourth-order valence-electron chi connectivity index (χ4n) is 4.03. The standard InChI is InChI=1S/C20H25N3O3/c1-13-5-4-6-16(21-13)10-22-7-8-25-19-12-23(11-18(19)22)20(24)17-9-14(2)26-15(17)3/h4-6,9,18-19H,7-8,10-12H2,1-3H3/t18-,19+/m1/s1. The van der Waals surface area contributed by atoms with Gasteiger partial charge in [-0.05, 0) is 39.0 Å². The molecule has 138 valence electrons. The summed E-state index contributed by atoms with van der Waals surface area (Å²) < 4.78 is 11.5. The van der Waals surface area contributed by atoms with Gasteiger partial charge in [0.25, 0.3) is 5.91 Å². The van der Waals surface area contributed by atoms with Crippen LogP contribution in [-0.2, 0) is 11.3 Å². The maximum atomic E-state index is 12.9. The van der Waals surface area contributed by atoms with E-state index in [-0.39, 0.29) is 18.1 Å². The summed E-state index contributed by atoms with van der Waals surface area (Å²) in [5.41, 5.74) is 2.76. The van der Waals surface area contributed by atoms with Gasteiger partial charge < -0.3 is 14.1 Å². The summed E-state index contributed by atoms with van der Waals surface area (Å²) in [6.45, 7) is 9.38. The van der Waals surface area contributed by atoms with E-state index >= 15 is 0 Å². The number of amides is 1. The van der Waals surface area contributed by atoms with Crippen molar-refractivity contribution in [2.24, 2.45) is 0 Å². The second kappa shape index (κ2) is 6.85. The van der Waals surface area contributed by atoms with Crippen molar-refractivity contribution >= 4 is 5.91 Å². The number of rotatable bonds is 3. The van der Waals surface area contributed by atoms with Crippen LogP contribution < -0.4 is 0 Å². The number of aryl methyl sites for hydroxylation is 3. The Kier molecular flexibility index (Phi) is 4.54.